The summed E-state index contributed by atoms with van der Waals surface area (Å²) in [5.41, 5.74) is 4.88. The second-order valence-corrected chi connectivity index (χ2v) is 9.33. The van der Waals surface area contributed by atoms with E-state index in [-0.39, 0.29) is 0 Å². The van der Waals surface area contributed by atoms with Gasteiger partial charge in [-0.1, -0.05) is 91.0 Å². The molecule has 1 heterocycles. The van der Waals surface area contributed by atoms with Crippen molar-refractivity contribution in [1.29, 1.82) is 0 Å². The number of benzene rings is 7. The van der Waals surface area contributed by atoms with Crippen molar-refractivity contribution in [3.05, 3.63) is 121 Å². The number of fused-ring (bicyclic) bond motifs is 6. The minimum absolute atomic E-state index is 0.919. The molecule has 7 aromatic carbocycles. The summed E-state index contributed by atoms with van der Waals surface area (Å²) < 4.78 is 6.36. The minimum Gasteiger partial charge on any atom is -0.456 e. The third kappa shape index (κ3) is 2.64. The Morgan fingerprint density at radius 3 is 1.91 bits per heavy atom. The quantitative estimate of drug-likeness (QED) is 0.181. The molecule has 0 aliphatic carbocycles. The van der Waals surface area contributed by atoms with E-state index < -0.39 is 0 Å². The Bertz CT molecular complexity index is 1980. The van der Waals surface area contributed by atoms with Gasteiger partial charge in [0.15, 0.2) is 0 Å². The van der Waals surface area contributed by atoms with Crippen molar-refractivity contribution < 1.29 is 4.74 Å². The largest absolute Gasteiger partial charge is 0.456 e. The zero-order valence-corrected chi connectivity index (χ0v) is 19.0. The Kier molecular flexibility index (Phi) is 3.72. The van der Waals surface area contributed by atoms with Crippen LogP contribution in [0.25, 0.3) is 65.3 Å². The van der Waals surface area contributed by atoms with E-state index in [0.29, 0.717) is 0 Å². The molecular weight excluding hydrogens is 424 g/mol. The second-order valence-electron chi connectivity index (χ2n) is 9.33. The summed E-state index contributed by atoms with van der Waals surface area (Å²) >= 11 is 0. The van der Waals surface area contributed by atoms with Crippen molar-refractivity contribution in [2.24, 2.45) is 0 Å². The van der Waals surface area contributed by atoms with Gasteiger partial charge >= 0.3 is 0 Å². The maximum Gasteiger partial charge on any atom is 0.135 e. The van der Waals surface area contributed by atoms with Gasteiger partial charge < -0.3 is 4.74 Å². The normalized spacial score (nSPS) is 12.2. The van der Waals surface area contributed by atoms with Crippen molar-refractivity contribution in [3.63, 3.8) is 0 Å². The molecule has 162 valence electrons. The molecular formula is C34H20O. The van der Waals surface area contributed by atoms with Gasteiger partial charge in [0.05, 0.1) is 0 Å². The van der Waals surface area contributed by atoms with Crippen LogP contribution in [0.2, 0.25) is 0 Å². The molecule has 1 aliphatic heterocycles. The van der Waals surface area contributed by atoms with Crippen LogP contribution in [0, 0.1) is 0 Å². The van der Waals surface area contributed by atoms with Crippen LogP contribution in [-0.4, -0.2) is 0 Å². The molecule has 1 heteroatoms. The highest BCUT2D eigenvalue weighted by Crippen LogP contribution is 2.49. The van der Waals surface area contributed by atoms with Gasteiger partial charge in [-0.05, 0) is 84.7 Å². The number of para-hydroxylation sites is 1. The first-order valence-electron chi connectivity index (χ1n) is 12.0. The van der Waals surface area contributed by atoms with E-state index in [4.69, 9.17) is 4.74 Å². The standard InChI is InChI=1S/C34H20O/c1-2-9-22-19-31-29(18-21(22)8-1)24-11-4-3-10-23(24)20-30(31)25-16-17-33-34-27(25)13-7-14-28(34)26-12-5-6-15-32(26)35-33/h1-20H. The topological polar surface area (TPSA) is 9.23 Å². The number of hydrogen-bond acceptors (Lipinski definition) is 1. The summed E-state index contributed by atoms with van der Waals surface area (Å²) in [5.74, 6) is 1.84. The average molecular weight is 445 g/mol. The van der Waals surface area contributed by atoms with E-state index in [0.717, 1.165) is 17.1 Å². The van der Waals surface area contributed by atoms with Gasteiger partial charge in [0.2, 0.25) is 0 Å². The van der Waals surface area contributed by atoms with E-state index in [1.165, 1.54) is 59.8 Å². The van der Waals surface area contributed by atoms with Crippen LogP contribution in [0.4, 0.5) is 0 Å². The van der Waals surface area contributed by atoms with Crippen molar-refractivity contribution in [2.45, 2.75) is 0 Å². The zero-order valence-electron chi connectivity index (χ0n) is 19.0. The van der Waals surface area contributed by atoms with E-state index in [1.54, 1.807) is 0 Å². The van der Waals surface area contributed by atoms with Gasteiger partial charge in [0.25, 0.3) is 0 Å². The summed E-state index contributed by atoms with van der Waals surface area (Å²) in [5, 5.41) is 10.1. The molecule has 0 saturated carbocycles. The predicted octanol–water partition coefficient (Wildman–Crippen LogP) is 9.74. The third-order valence-corrected chi connectivity index (χ3v) is 7.42. The van der Waals surface area contributed by atoms with E-state index >= 15 is 0 Å². The molecule has 0 spiro atoms. The molecule has 0 radical (unpaired) electrons. The number of ether oxygens (including phenoxy) is 1. The molecule has 0 aromatic heterocycles. The fraction of sp³-hybridized carbons (Fsp3) is 0. The first kappa shape index (κ1) is 18.8. The Balaban J connectivity index is 1.52. The Morgan fingerprint density at radius 1 is 0.343 bits per heavy atom. The molecule has 7 aromatic rings. The van der Waals surface area contributed by atoms with Crippen LogP contribution in [-0.2, 0) is 0 Å². The maximum absolute atomic E-state index is 6.36. The Labute approximate surface area is 202 Å². The van der Waals surface area contributed by atoms with Crippen LogP contribution < -0.4 is 4.74 Å². The highest BCUT2D eigenvalue weighted by atomic mass is 16.5. The lowest BCUT2D eigenvalue weighted by Gasteiger charge is -2.23. The molecule has 8 rings (SSSR count). The minimum atomic E-state index is 0.919. The molecule has 1 nitrogen and oxygen atoms in total. The number of hydrogen-bond donors (Lipinski definition) is 0. The average Bonchev–Trinajstić information content (AvgIpc) is 2.92. The van der Waals surface area contributed by atoms with Gasteiger partial charge in [0, 0.05) is 10.9 Å². The highest BCUT2D eigenvalue weighted by Gasteiger charge is 2.22. The molecule has 0 fully saturated rings. The highest BCUT2D eigenvalue weighted by molar-refractivity contribution is 6.20. The van der Waals surface area contributed by atoms with Crippen LogP contribution in [0.15, 0.2) is 121 Å². The van der Waals surface area contributed by atoms with Crippen molar-refractivity contribution in [2.75, 3.05) is 0 Å². The van der Waals surface area contributed by atoms with Gasteiger partial charge in [-0.3, -0.25) is 0 Å². The lowest BCUT2D eigenvalue weighted by atomic mass is 9.87. The van der Waals surface area contributed by atoms with Gasteiger partial charge in [-0.2, -0.15) is 0 Å². The molecule has 35 heavy (non-hydrogen) atoms. The lowest BCUT2D eigenvalue weighted by molar-refractivity contribution is 0.487. The Morgan fingerprint density at radius 2 is 1.03 bits per heavy atom. The van der Waals surface area contributed by atoms with Crippen molar-refractivity contribution in [3.8, 4) is 33.8 Å². The van der Waals surface area contributed by atoms with E-state index in [9.17, 15) is 0 Å². The van der Waals surface area contributed by atoms with Crippen LogP contribution >= 0.6 is 0 Å². The Hall–Kier alpha value is -4.62. The maximum atomic E-state index is 6.36. The first-order chi connectivity index (χ1) is 17.3. The van der Waals surface area contributed by atoms with E-state index in [1.807, 2.05) is 12.1 Å². The first-order valence-corrected chi connectivity index (χ1v) is 12.0. The molecule has 0 atom stereocenters. The van der Waals surface area contributed by atoms with Crippen molar-refractivity contribution in [1.82, 2.24) is 0 Å². The van der Waals surface area contributed by atoms with Crippen molar-refractivity contribution >= 4 is 43.1 Å². The van der Waals surface area contributed by atoms with Gasteiger partial charge in [-0.15, -0.1) is 0 Å². The fourth-order valence-electron chi connectivity index (χ4n) is 5.83. The summed E-state index contributed by atoms with van der Waals surface area (Å²) in [6.07, 6.45) is 0. The number of rotatable bonds is 1. The molecule has 0 amide bonds. The van der Waals surface area contributed by atoms with Crippen LogP contribution in [0.5, 0.6) is 11.5 Å². The fourth-order valence-corrected chi connectivity index (χ4v) is 5.83. The lowest BCUT2D eigenvalue weighted by Crippen LogP contribution is -1.97. The van der Waals surface area contributed by atoms with Gasteiger partial charge in [0.1, 0.15) is 11.5 Å². The molecule has 0 unspecified atom stereocenters. The summed E-state index contributed by atoms with van der Waals surface area (Å²) in [6.45, 7) is 0. The molecule has 0 bridgehead atoms. The summed E-state index contributed by atoms with van der Waals surface area (Å²) in [6, 6.07) is 43.7. The molecule has 1 aliphatic rings. The van der Waals surface area contributed by atoms with Crippen LogP contribution in [0.3, 0.4) is 0 Å². The monoisotopic (exact) mass is 444 g/mol. The SMILES string of the molecule is c1ccc2c(c1)Oc1ccc(-c3cc4ccccc4c4cc5ccccc5cc34)c3cccc-2c13. The van der Waals surface area contributed by atoms with E-state index in [2.05, 4.69) is 109 Å². The molecule has 0 saturated heterocycles. The van der Waals surface area contributed by atoms with Gasteiger partial charge in [-0.25, -0.2) is 0 Å². The predicted molar refractivity (Wildman–Crippen MR) is 147 cm³/mol. The summed E-state index contributed by atoms with van der Waals surface area (Å²) in [7, 11) is 0. The second kappa shape index (κ2) is 6.94. The third-order valence-electron chi connectivity index (χ3n) is 7.42. The zero-order chi connectivity index (χ0) is 22.9. The summed E-state index contributed by atoms with van der Waals surface area (Å²) in [4.78, 5) is 0. The molecule has 0 N–H and O–H groups in total. The van der Waals surface area contributed by atoms with Crippen LogP contribution in [0.1, 0.15) is 0 Å². The smallest absolute Gasteiger partial charge is 0.135 e.